The normalized spacial score (nSPS) is 11.4. The number of nitrogens with one attached hydrogen (secondary N) is 1. The highest BCUT2D eigenvalue weighted by Crippen LogP contribution is 2.17. The van der Waals surface area contributed by atoms with Crippen LogP contribution in [-0.2, 0) is 9.53 Å². The smallest absolute Gasteiger partial charge is 0.326 e. The number of aryl methyl sites for hydroxylation is 1. The first kappa shape index (κ1) is 20.2. The summed E-state index contributed by atoms with van der Waals surface area (Å²) >= 11 is 0. The van der Waals surface area contributed by atoms with Gasteiger partial charge in [-0.2, -0.15) is 0 Å². The van der Waals surface area contributed by atoms with Gasteiger partial charge >= 0.3 is 5.97 Å². The van der Waals surface area contributed by atoms with Crippen LogP contribution < -0.4 is 10.1 Å². The molecule has 0 saturated carbocycles. The van der Waals surface area contributed by atoms with Gasteiger partial charge in [0.2, 0.25) is 5.78 Å². The fourth-order valence-electron chi connectivity index (χ4n) is 2.43. The summed E-state index contributed by atoms with van der Waals surface area (Å²) in [4.78, 5) is 36.5. The Bertz CT molecular complexity index is 814. The van der Waals surface area contributed by atoms with Gasteiger partial charge in [0.1, 0.15) is 12.3 Å². The lowest BCUT2D eigenvalue weighted by molar-refractivity contribution is -0.145. The summed E-state index contributed by atoms with van der Waals surface area (Å²) < 4.78 is 10.5. The highest BCUT2D eigenvalue weighted by Gasteiger charge is 2.20. The van der Waals surface area contributed by atoms with E-state index in [1.54, 1.807) is 36.4 Å². The number of amides is 1. The molecular weight excluding hydrogens is 346 g/mol. The van der Waals surface area contributed by atoms with Crippen molar-refractivity contribution in [2.24, 2.45) is 0 Å². The van der Waals surface area contributed by atoms with Gasteiger partial charge in [-0.15, -0.1) is 0 Å². The molecule has 2 aromatic rings. The highest BCUT2D eigenvalue weighted by molar-refractivity contribution is 6.01. The van der Waals surface area contributed by atoms with E-state index in [0.29, 0.717) is 23.5 Å². The molecule has 0 aliphatic carbocycles. The fourth-order valence-corrected chi connectivity index (χ4v) is 2.43. The molecular formula is C21H23NO5. The fraction of sp³-hybridized carbons (Fsp3) is 0.286. The maximum absolute atomic E-state index is 12.3. The van der Waals surface area contributed by atoms with E-state index in [1.807, 2.05) is 26.0 Å². The molecule has 0 aliphatic rings. The van der Waals surface area contributed by atoms with E-state index >= 15 is 0 Å². The minimum Gasteiger partial charge on any atom is -0.493 e. The number of benzene rings is 2. The van der Waals surface area contributed by atoms with Gasteiger partial charge in [0.15, 0.2) is 6.10 Å². The number of carbonyl (C=O) groups is 3. The van der Waals surface area contributed by atoms with Crippen LogP contribution in [0.4, 0.5) is 0 Å². The molecule has 0 unspecified atom stereocenters. The van der Waals surface area contributed by atoms with E-state index in [0.717, 1.165) is 5.56 Å². The van der Waals surface area contributed by atoms with Crippen LogP contribution in [0.15, 0.2) is 48.5 Å². The Kier molecular flexibility index (Phi) is 7.11. The second-order valence-corrected chi connectivity index (χ2v) is 5.97. The number of hydrogen-bond acceptors (Lipinski definition) is 5. The first-order valence-electron chi connectivity index (χ1n) is 8.72. The molecule has 0 fully saturated rings. The molecule has 0 bridgehead atoms. The molecule has 0 radical (unpaired) electrons. The van der Waals surface area contributed by atoms with Gasteiger partial charge in [0, 0.05) is 5.56 Å². The van der Waals surface area contributed by atoms with E-state index in [-0.39, 0.29) is 12.3 Å². The molecule has 1 N–H and O–H groups in total. The predicted molar refractivity (Wildman–Crippen MR) is 101 cm³/mol. The van der Waals surface area contributed by atoms with E-state index in [1.165, 1.54) is 6.92 Å². The standard InChI is InChI=1S/C21H23NO5/c1-4-26-18-8-6-5-7-17(18)21(25)22-13-19(23)27-15(3)20(24)16-11-9-14(2)10-12-16/h5-12,15H,4,13H2,1-3H3,(H,22,25)/t15-/m1/s1. The van der Waals surface area contributed by atoms with Crippen LogP contribution >= 0.6 is 0 Å². The minimum atomic E-state index is -0.937. The number of ether oxygens (including phenoxy) is 2. The zero-order valence-corrected chi connectivity index (χ0v) is 15.7. The van der Waals surface area contributed by atoms with Crippen LogP contribution in [0.1, 0.15) is 40.1 Å². The van der Waals surface area contributed by atoms with Gasteiger partial charge in [0.05, 0.1) is 12.2 Å². The lowest BCUT2D eigenvalue weighted by Gasteiger charge is -2.13. The van der Waals surface area contributed by atoms with Gasteiger partial charge in [-0.3, -0.25) is 14.4 Å². The first-order valence-corrected chi connectivity index (χ1v) is 8.72. The summed E-state index contributed by atoms with van der Waals surface area (Å²) in [5.74, 6) is -0.996. The van der Waals surface area contributed by atoms with Gasteiger partial charge < -0.3 is 14.8 Å². The molecule has 0 spiro atoms. The second-order valence-electron chi connectivity index (χ2n) is 5.97. The molecule has 6 nitrogen and oxygen atoms in total. The summed E-state index contributed by atoms with van der Waals surface area (Å²) in [7, 11) is 0. The zero-order chi connectivity index (χ0) is 19.8. The van der Waals surface area contributed by atoms with Gasteiger partial charge in [0.25, 0.3) is 5.91 Å². The maximum Gasteiger partial charge on any atom is 0.326 e. The topological polar surface area (TPSA) is 81.7 Å². The number of ketones is 1. The molecule has 0 aliphatic heterocycles. The molecule has 2 rings (SSSR count). The Hall–Kier alpha value is -3.15. The first-order chi connectivity index (χ1) is 12.9. The average molecular weight is 369 g/mol. The van der Waals surface area contributed by atoms with Crippen LogP contribution in [0.3, 0.4) is 0 Å². The molecule has 1 amide bonds. The molecule has 142 valence electrons. The van der Waals surface area contributed by atoms with Crippen LogP contribution in [0.2, 0.25) is 0 Å². The van der Waals surface area contributed by atoms with E-state index in [9.17, 15) is 14.4 Å². The Morgan fingerprint density at radius 1 is 1.04 bits per heavy atom. The monoisotopic (exact) mass is 369 g/mol. The van der Waals surface area contributed by atoms with Crippen molar-refractivity contribution in [1.29, 1.82) is 0 Å². The van der Waals surface area contributed by atoms with Gasteiger partial charge in [-0.25, -0.2) is 0 Å². The van der Waals surface area contributed by atoms with E-state index < -0.39 is 18.0 Å². The number of carbonyl (C=O) groups excluding carboxylic acids is 3. The number of para-hydroxylation sites is 1. The summed E-state index contributed by atoms with van der Waals surface area (Å²) in [5, 5.41) is 2.48. The molecule has 27 heavy (non-hydrogen) atoms. The van der Waals surface area contributed by atoms with Crippen molar-refractivity contribution in [3.63, 3.8) is 0 Å². The Morgan fingerprint density at radius 2 is 1.70 bits per heavy atom. The molecule has 1 atom stereocenters. The number of rotatable bonds is 8. The number of esters is 1. The number of Topliss-reactive ketones (excluding diaryl/α,β-unsaturated/α-hetero) is 1. The quantitative estimate of drug-likeness (QED) is 0.571. The lowest BCUT2D eigenvalue weighted by Crippen LogP contribution is -2.34. The van der Waals surface area contributed by atoms with Crippen molar-refractivity contribution >= 4 is 17.7 Å². The highest BCUT2D eigenvalue weighted by atomic mass is 16.5. The predicted octanol–water partition coefficient (Wildman–Crippen LogP) is 2.94. The Labute approximate surface area is 158 Å². The van der Waals surface area contributed by atoms with Crippen molar-refractivity contribution in [3.05, 3.63) is 65.2 Å². The van der Waals surface area contributed by atoms with Crippen molar-refractivity contribution < 1.29 is 23.9 Å². The summed E-state index contributed by atoms with van der Waals surface area (Å²) in [6.07, 6.45) is -0.937. The van der Waals surface area contributed by atoms with Crippen molar-refractivity contribution in [3.8, 4) is 5.75 Å². The second kappa shape index (κ2) is 9.52. The van der Waals surface area contributed by atoms with Crippen LogP contribution in [0.5, 0.6) is 5.75 Å². The Balaban J connectivity index is 1.89. The summed E-state index contributed by atoms with van der Waals surface area (Å²) in [5.41, 5.74) is 1.83. The SMILES string of the molecule is CCOc1ccccc1C(=O)NCC(=O)O[C@H](C)C(=O)c1ccc(C)cc1. The maximum atomic E-state index is 12.3. The van der Waals surface area contributed by atoms with Crippen molar-refractivity contribution in [2.45, 2.75) is 26.9 Å². The molecule has 6 heteroatoms. The van der Waals surface area contributed by atoms with Crippen LogP contribution in [0.25, 0.3) is 0 Å². The largest absolute Gasteiger partial charge is 0.493 e. The van der Waals surface area contributed by atoms with E-state index in [2.05, 4.69) is 5.32 Å². The Morgan fingerprint density at radius 3 is 2.37 bits per heavy atom. The van der Waals surface area contributed by atoms with Gasteiger partial charge in [-0.1, -0.05) is 42.0 Å². The van der Waals surface area contributed by atoms with Crippen molar-refractivity contribution in [2.75, 3.05) is 13.2 Å². The molecule has 2 aromatic carbocycles. The summed E-state index contributed by atoms with van der Waals surface area (Å²) in [6.45, 7) is 5.32. The third kappa shape index (κ3) is 5.67. The molecule has 0 aromatic heterocycles. The van der Waals surface area contributed by atoms with Crippen LogP contribution in [0, 0.1) is 6.92 Å². The minimum absolute atomic E-state index is 0.295. The van der Waals surface area contributed by atoms with Gasteiger partial charge in [-0.05, 0) is 32.9 Å². The van der Waals surface area contributed by atoms with Crippen molar-refractivity contribution in [1.82, 2.24) is 5.32 Å². The lowest BCUT2D eigenvalue weighted by atomic mass is 10.1. The summed E-state index contributed by atoms with van der Waals surface area (Å²) in [6, 6.07) is 13.8. The van der Waals surface area contributed by atoms with Crippen LogP contribution in [-0.4, -0.2) is 36.9 Å². The number of hydrogen-bond donors (Lipinski definition) is 1. The average Bonchev–Trinajstić information content (AvgIpc) is 2.67. The molecule has 0 saturated heterocycles. The molecule has 0 heterocycles. The third-order valence-electron chi connectivity index (χ3n) is 3.84. The van der Waals surface area contributed by atoms with E-state index in [4.69, 9.17) is 9.47 Å². The zero-order valence-electron chi connectivity index (χ0n) is 15.7. The third-order valence-corrected chi connectivity index (χ3v) is 3.84.